The van der Waals surface area contributed by atoms with Crippen LogP contribution >= 0.6 is 0 Å². The minimum Gasteiger partial charge on any atom is -0.166 e. The summed E-state index contributed by atoms with van der Waals surface area (Å²) in [6, 6.07) is 1.75. The zero-order valence-electron chi connectivity index (χ0n) is 11.9. The number of rotatable bonds is 2. The van der Waals surface area contributed by atoms with Gasteiger partial charge in [-0.2, -0.15) is 26.3 Å². The molecule has 120 valence electrons. The van der Waals surface area contributed by atoms with E-state index in [-0.39, 0.29) is 17.5 Å². The van der Waals surface area contributed by atoms with Crippen LogP contribution < -0.4 is 0 Å². The fraction of sp³-hybridized carbons (Fsp3) is 0.375. The Morgan fingerprint density at radius 3 is 1.41 bits per heavy atom. The van der Waals surface area contributed by atoms with E-state index >= 15 is 0 Å². The van der Waals surface area contributed by atoms with Crippen molar-refractivity contribution in [2.75, 3.05) is 0 Å². The zero-order chi connectivity index (χ0) is 16.8. The number of benzene rings is 1. The Morgan fingerprint density at radius 2 is 1.05 bits per heavy atom. The minimum atomic E-state index is -4.83. The van der Waals surface area contributed by atoms with Gasteiger partial charge in [0.1, 0.15) is 0 Å². The van der Waals surface area contributed by atoms with Crippen LogP contribution in [0.15, 0.2) is 42.5 Å². The average molecular weight is 320 g/mol. The standard InChI is InChI=1S/C16H14F6/c1-14(2,10-5-3-4-6-10)11-7-12(15(17,18)19)9-13(8-11)16(20,21)22/h3-10H,1-2H3. The van der Waals surface area contributed by atoms with E-state index in [4.69, 9.17) is 0 Å². The number of halogens is 6. The predicted octanol–water partition coefficient (Wildman–Crippen LogP) is 5.74. The predicted molar refractivity (Wildman–Crippen MR) is 71.2 cm³/mol. The lowest BCUT2D eigenvalue weighted by Crippen LogP contribution is -2.27. The van der Waals surface area contributed by atoms with Gasteiger partial charge >= 0.3 is 12.4 Å². The molecule has 0 radical (unpaired) electrons. The lowest BCUT2D eigenvalue weighted by molar-refractivity contribution is -0.143. The Bertz CT molecular complexity index is 572. The molecule has 0 unspecified atom stereocenters. The van der Waals surface area contributed by atoms with Crippen molar-refractivity contribution in [2.24, 2.45) is 5.92 Å². The highest BCUT2D eigenvalue weighted by molar-refractivity contribution is 5.40. The van der Waals surface area contributed by atoms with E-state index in [0.717, 1.165) is 12.1 Å². The maximum Gasteiger partial charge on any atom is 0.416 e. The SMILES string of the molecule is CC(C)(c1cc(C(F)(F)F)cc(C(F)(F)F)c1)C1C=CC=C1. The van der Waals surface area contributed by atoms with Gasteiger partial charge < -0.3 is 0 Å². The Kier molecular flexibility index (Phi) is 3.92. The van der Waals surface area contributed by atoms with Gasteiger partial charge in [0, 0.05) is 5.92 Å². The van der Waals surface area contributed by atoms with E-state index in [2.05, 4.69) is 0 Å². The largest absolute Gasteiger partial charge is 0.416 e. The summed E-state index contributed by atoms with van der Waals surface area (Å²) in [6.07, 6.45) is -2.68. The smallest absolute Gasteiger partial charge is 0.166 e. The number of allylic oxidation sites excluding steroid dienone is 4. The first kappa shape index (κ1) is 16.6. The molecule has 6 heteroatoms. The molecule has 0 nitrogen and oxygen atoms in total. The third-order valence-electron chi connectivity index (χ3n) is 3.91. The maximum absolute atomic E-state index is 12.9. The first-order valence-electron chi connectivity index (χ1n) is 6.57. The molecule has 0 atom stereocenters. The van der Waals surface area contributed by atoms with Crippen molar-refractivity contribution in [3.8, 4) is 0 Å². The Morgan fingerprint density at radius 1 is 0.682 bits per heavy atom. The normalized spacial score (nSPS) is 16.5. The van der Waals surface area contributed by atoms with Crippen molar-refractivity contribution in [3.05, 3.63) is 59.2 Å². The summed E-state index contributed by atoms with van der Waals surface area (Å²) in [4.78, 5) is 0. The summed E-state index contributed by atoms with van der Waals surface area (Å²) in [6.45, 7) is 3.26. The fourth-order valence-corrected chi connectivity index (χ4v) is 2.43. The van der Waals surface area contributed by atoms with Gasteiger partial charge in [-0.1, -0.05) is 38.2 Å². The van der Waals surface area contributed by atoms with Gasteiger partial charge in [-0.15, -0.1) is 0 Å². The zero-order valence-corrected chi connectivity index (χ0v) is 11.9. The summed E-state index contributed by atoms with van der Waals surface area (Å²) in [5.41, 5.74) is -3.44. The van der Waals surface area contributed by atoms with Crippen LogP contribution in [0.3, 0.4) is 0 Å². The third-order valence-corrected chi connectivity index (χ3v) is 3.91. The summed E-state index contributed by atoms with van der Waals surface area (Å²) >= 11 is 0. The van der Waals surface area contributed by atoms with Crippen LogP contribution in [0.4, 0.5) is 26.3 Å². The van der Waals surface area contributed by atoms with Crippen LogP contribution in [-0.2, 0) is 17.8 Å². The molecule has 0 N–H and O–H groups in total. The lowest BCUT2D eigenvalue weighted by Gasteiger charge is -2.31. The second-order valence-electron chi connectivity index (χ2n) is 5.81. The Labute approximate surface area is 124 Å². The quantitative estimate of drug-likeness (QED) is 0.609. The molecule has 0 aliphatic heterocycles. The summed E-state index contributed by atoms with van der Waals surface area (Å²) in [7, 11) is 0. The van der Waals surface area contributed by atoms with Gasteiger partial charge in [0.2, 0.25) is 0 Å². The van der Waals surface area contributed by atoms with Crippen molar-refractivity contribution in [2.45, 2.75) is 31.6 Å². The van der Waals surface area contributed by atoms with Gasteiger partial charge in [-0.25, -0.2) is 0 Å². The van der Waals surface area contributed by atoms with Gasteiger partial charge in [-0.3, -0.25) is 0 Å². The molecule has 1 aromatic carbocycles. The molecule has 0 bridgehead atoms. The second kappa shape index (κ2) is 5.18. The second-order valence-corrected chi connectivity index (χ2v) is 5.81. The van der Waals surface area contributed by atoms with Gasteiger partial charge in [0.15, 0.2) is 0 Å². The van der Waals surface area contributed by atoms with E-state index in [9.17, 15) is 26.3 Å². The molecule has 22 heavy (non-hydrogen) atoms. The summed E-state index contributed by atoms with van der Waals surface area (Å²) in [5.74, 6) is -0.253. The monoisotopic (exact) mass is 320 g/mol. The van der Waals surface area contributed by atoms with Crippen molar-refractivity contribution >= 4 is 0 Å². The molecule has 0 saturated heterocycles. The summed E-state index contributed by atoms with van der Waals surface area (Å²) in [5, 5.41) is 0. The van der Waals surface area contributed by atoms with Crippen molar-refractivity contribution in [3.63, 3.8) is 0 Å². The maximum atomic E-state index is 12.9. The highest BCUT2D eigenvalue weighted by Crippen LogP contribution is 2.42. The molecule has 2 rings (SSSR count). The molecule has 1 aromatic rings. The summed E-state index contributed by atoms with van der Waals surface area (Å²) < 4.78 is 77.4. The molecule has 0 amide bonds. The van der Waals surface area contributed by atoms with Crippen LogP contribution in [0.2, 0.25) is 0 Å². The Hall–Kier alpha value is -1.72. The number of hydrogen-bond acceptors (Lipinski definition) is 0. The van der Waals surface area contributed by atoms with Gasteiger partial charge in [0.25, 0.3) is 0 Å². The minimum absolute atomic E-state index is 0.0100. The fourth-order valence-electron chi connectivity index (χ4n) is 2.43. The van der Waals surface area contributed by atoms with Crippen LogP contribution in [0.5, 0.6) is 0 Å². The van der Waals surface area contributed by atoms with Crippen LogP contribution in [-0.4, -0.2) is 0 Å². The van der Waals surface area contributed by atoms with E-state index in [0.29, 0.717) is 0 Å². The van der Waals surface area contributed by atoms with Crippen LogP contribution in [0.25, 0.3) is 0 Å². The van der Waals surface area contributed by atoms with Gasteiger partial charge in [-0.05, 0) is 29.2 Å². The van der Waals surface area contributed by atoms with Crippen molar-refractivity contribution in [1.29, 1.82) is 0 Å². The van der Waals surface area contributed by atoms with Crippen molar-refractivity contribution < 1.29 is 26.3 Å². The first-order valence-corrected chi connectivity index (χ1v) is 6.57. The van der Waals surface area contributed by atoms with Crippen molar-refractivity contribution in [1.82, 2.24) is 0 Å². The highest BCUT2D eigenvalue weighted by atomic mass is 19.4. The Balaban J connectivity index is 2.60. The third kappa shape index (κ3) is 3.20. The van der Waals surface area contributed by atoms with E-state index in [1.54, 1.807) is 38.2 Å². The molecule has 0 fully saturated rings. The van der Waals surface area contributed by atoms with E-state index in [1.807, 2.05) is 0 Å². The molecule has 0 spiro atoms. The molecular weight excluding hydrogens is 306 g/mol. The molecule has 0 aromatic heterocycles. The number of alkyl halides is 6. The molecule has 0 heterocycles. The molecule has 1 aliphatic rings. The van der Waals surface area contributed by atoms with E-state index in [1.165, 1.54) is 0 Å². The van der Waals surface area contributed by atoms with E-state index < -0.39 is 28.9 Å². The highest BCUT2D eigenvalue weighted by Gasteiger charge is 2.39. The first-order chi connectivity index (χ1) is 9.92. The lowest BCUT2D eigenvalue weighted by atomic mass is 9.73. The number of hydrogen-bond donors (Lipinski definition) is 0. The van der Waals surface area contributed by atoms with Gasteiger partial charge in [0.05, 0.1) is 11.1 Å². The van der Waals surface area contributed by atoms with Crippen LogP contribution in [0.1, 0.15) is 30.5 Å². The molecular formula is C16H14F6. The molecule has 0 saturated carbocycles. The van der Waals surface area contributed by atoms with Crippen LogP contribution in [0, 0.1) is 5.92 Å². The topological polar surface area (TPSA) is 0 Å². The average Bonchev–Trinajstić information content (AvgIpc) is 2.90. The molecule has 1 aliphatic carbocycles.